The van der Waals surface area contributed by atoms with E-state index in [1.54, 1.807) is 42.5 Å². The van der Waals surface area contributed by atoms with Crippen LogP contribution in [0.2, 0.25) is 0 Å². The molecule has 226 valence electrons. The van der Waals surface area contributed by atoms with Gasteiger partial charge in [-0.15, -0.1) is 0 Å². The molecule has 0 aliphatic carbocycles. The van der Waals surface area contributed by atoms with Gasteiger partial charge >= 0.3 is 0 Å². The molecule has 0 fully saturated rings. The van der Waals surface area contributed by atoms with Crippen molar-refractivity contribution in [1.29, 1.82) is 0 Å². The van der Waals surface area contributed by atoms with Crippen molar-refractivity contribution in [3.63, 3.8) is 0 Å². The summed E-state index contributed by atoms with van der Waals surface area (Å²) in [6, 6.07) is 21.9. The molecule has 10 nitrogen and oxygen atoms in total. The smallest absolute Gasteiger partial charge is 0.252 e. The molecule has 0 bridgehead atoms. The van der Waals surface area contributed by atoms with E-state index < -0.39 is 54.8 Å². The zero-order valence-corrected chi connectivity index (χ0v) is 24.2. The number of rotatable bonds is 15. The summed E-state index contributed by atoms with van der Waals surface area (Å²) in [4.78, 5) is 60.4. The van der Waals surface area contributed by atoms with Crippen LogP contribution in [0.1, 0.15) is 34.3 Å². The van der Waals surface area contributed by atoms with E-state index in [4.69, 9.17) is 5.73 Å². The number of carbonyl (C=O) groups is 4. The zero-order chi connectivity index (χ0) is 31.2. The van der Waals surface area contributed by atoms with Crippen LogP contribution in [0.15, 0.2) is 91.0 Å². The van der Waals surface area contributed by atoms with Crippen LogP contribution in [0.25, 0.3) is 6.08 Å². The molecule has 0 heterocycles. The Balaban J connectivity index is 1.55. The number of nitrogens with one attached hydrogen (secondary N) is 3. The van der Waals surface area contributed by atoms with Crippen molar-refractivity contribution in [3.05, 3.63) is 114 Å². The second kappa shape index (κ2) is 16.1. The second-order valence-electron chi connectivity index (χ2n) is 9.77. The standard InChI is InChI=1S/C31H34FN4O6P/c32-25-15-8-14-24(20-25)31(40)36-29(19-23-11-5-2-6-12-23)43(41,42)21-28(38)34-18-17-27(37)35-26(30(33)39)16-7-13-22-9-3-1-4-10-22/h1-15,20,26,29H,16-19,21H2,(H2,33,39)(H,34,38)(H,35,37)(H,36,40)(H,41,42)/t26-,29?/m0/s1. The maximum atomic E-state index is 13.6. The maximum absolute atomic E-state index is 13.6. The van der Waals surface area contributed by atoms with E-state index >= 15 is 0 Å². The van der Waals surface area contributed by atoms with Crippen LogP contribution >= 0.6 is 7.37 Å². The van der Waals surface area contributed by atoms with Gasteiger partial charge in [-0.1, -0.05) is 78.9 Å². The highest BCUT2D eigenvalue weighted by Gasteiger charge is 2.35. The molecule has 3 aromatic carbocycles. The summed E-state index contributed by atoms with van der Waals surface area (Å²) in [6.07, 6.45) is 2.57. The van der Waals surface area contributed by atoms with Gasteiger partial charge in [0.2, 0.25) is 25.1 Å². The van der Waals surface area contributed by atoms with Crippen LogP contribution in [0, 0.1) is 5.82 Å². The fraction of sp³-hybridized carbons (Fsp3) is 0.226. The molecule has 4 amide bonds. The lowest BCUT2D eigenvalue weighted by Crippen LogP contribution is -2.45. The SMILES string of the molecule is NC(=O)[C@H](CC=Cc1ccccc1)NC(=O)CCNC(=O)CP(=O)(O)C(Cc1ccccc1)NC(=O)c1cccc(F)c1. The Morgan fingerprint density at radius 1 is 0.907 bits per heavy atom. The third-order valence-corrected chi connectivity index (χ3v) is 8.37. The van der Waals surface area contributed by atoms with Crippen molar-refractivity contribution in [2.24, 2.45) is 5.73 Å². The Hall–Kier alpha value is -4.60. The minimum Gasteiger partial charge on any atom is -0.368 e. The lowest BCUT2D eigenvalue weighted by Gasteiger charge is -2.24. The molecule has 3 atom stereocenters. The number of hydrogen-bond donors (Lipinski definition) is 5. The predicted octanol–water partition coefficient (Wildman–Crippen LogP) is 2.97. The first-order valence-electron chi connectivity index (χ1n) is 13.5. The Morgan fingerprint density at radius 2 is 1.58 bits per heavy atom. The number of hydrogen-bond acceptors (Lipinski definition) is 5. The predicted molar refractivity (Wildman–Crippen MR) is 161 cm³/mol. The number of primary amides is 1. The van der Waals surface area contributed by atoms with Gasteiger partial charge < -0.3 is 26.6 Å². The van der Waals surface area contributed by atoms with E-state index in [1.807, 2.05) is 30.3 Å². The van der Waals surface area contributed by atoms with Crippen molar-refractivity contribution < 1.29 is 33.0 Å². The fourth-order valence-electron chi connectivity index (χ4n) is 4.10. The molecule has 0 saturated carbocycles. The monoisotopic (exact) mass is 608 g/mol. The van der Waals surface area contributed by atoms with Gasteiger partial charge in [-0.2, -0.15) is 0 Å². The van der Waals surface area contributed by atoms with Crippen LogP contribution in [0.4, 0.5) is 4.39 Å². The number of halogens is 1. The van der Waals surface area contributed by atoms with Crippen molar-refractivity contribution in [1.82, 2.24) is 16.0 Å². The van der Waals surface area contributed by atoms with Gasteiger partial charge in [0.25, 0.3) is 5.91 Å². The molecule has 0 saturated heterocycles. The summed E-state index contributed by atoms with van der Waals surface area (Å²) in [7, 11) is -4.36. The molecule has 12 heteroatoms. The molecule has 3 rings (SSSR count). The summed E-state index contributed by atoms with van der Waals surface area (Å²) in [5.74, 6) is -4.84. The summed E-state index contributed by atoms with van der Waals surface area (Å²) in [6.45, 7) is -0.172. The average Bonchev–Trinajstić information content (AvgIpc) is 2.97. The Labute approximate surface area is 249 Å². The normalized spacial score (nSPS) is 13.8. The third-order valence-electron chi connectivity index (χ3n) is 6.35. The molecular weight excluding hydrogens is 574 g/mol. The lowest BCUT2D eigenvalue weighted by atomic mass is 10.1. The minimum atomic E-state index is -4.36. The minimum absolute atomic E-state index is 0.0432. The molecular formula is C31H34FN4O6P. The molecule has 2 unspecified atom stereocenters. The van der Waals surface area contributed by atoms with E-state index in [0.717, 1.165) is 17.7 Å². The Bertz CT molecular complexity index is 1490. The Morgan fingerprint density at radius 3 is 2.23 bits per heavy atom. The summed E-state index contributed by atoms with van der Waals surface area (Å²) in [5, 5.41) is 7.42. The van der Waals surface area contributed by atoms with Crippen LogP contribution in [-0.2, 0) is 25.4 Å². The van der Waals surface area contributed by atoms with Crippen LogP contribution in [0.3, 0.4) is 0 Å². The highest BCUT2D eigenvalue weighted by atomic mass is 31.2. The third kappa shape index (κ3) is 11.3. The lowest BCUT2D eigenvalue weighted by molar-refractivity contribution is -0.127. The van der Waals surface area contributed by atoms with Crippen LogP contribution in [0.5, 0.6) is 0 Å². The summed E-state index contributed by atoms with van der Waals surface area (Å²) < 4.78 is 27.0. The molecule has 0 spiro atoms. The van der Waals surface area contributed by atoms with Gasteiger partial charge in [0.1, 0.15) is 23.8 Å². The van der Waals surface area contributed by atoms with E-state index in [-0.39, 0.29) is 31.4 Å². The highest BCUT2D eigenvalue weighted by Crippen LogP contribution is 2.46. The van der Waals surface area contributed by atoms with Crippen LogP contribution in [-0.4, -0.2) is 53.1 Å². The number of benzene rings is 3. The molecule has 3 aromatic rings. The van der Waals surface area contributed by atoms with Gasteiger partial charge in [-0.3, -0.25) is 23.7 Å². The number of carbonyl (C=O) groups excluding carboxylic acids is 4. The maximum Gasteiger partial charge on any atom is 0.252 e. The van der Waals surface area contributed by atoms with Gasteiger partial charge in [0, 0.05) is 24.9 Å². The molecule has 0 aromatic heterocycles. The first kappa shape index (κ1) is 32.9. The second-order valence-corrected chi connectivity index (χ2v) is 12.2. The van der Waals surface area contributed by atoms with E-state index in [9.17, 15) is 33.0 Å². The van der Waals surface area contributed by atoms with Gasteiger partial charge in [0.05, 0.1) is 0 Å². The van der Waals surface area contributed by atoms with Crippen molar-refractivity contribution in [2.45, 2.75) is 31.1 Å². The van der Waals surface area contributed by atoms with Crippen molar-refractivity contribution >= 4 is 37.1 Å². The average molecular weight is 609 g/mol. The number of amides is 4. The molecule has 43 heavy (non-hydrogen) atoms. The largest absolute Gasteiger partial charge is 0.368 e. The summed E-state index contributed by atoms with van der Waals surface area (Å²) >= 11 is 0. The van der Waals surface area contributed by atoms with Crippen LogP contribution < -0.4 is 21.7 Å². The first-order valence-corrected chi connectivity index (χ1v) is 15.4. The fourth-order valence-corrected chi connectivity index (χ4v) is 5.66. The Kier molecular flexibility index (Phi) is 12.4. The van der Waals surface area contributed by atoms with Crippen molar-refractivity contribution in [2.75, 3.05) is 12.7 Å². The van der Waals surface area contributed by atoms with Gasteiger partial charge in [-0.05, 0) is 35.7 Å². The van der Waals surface area contributed by atoms with Gasteiger partial charge in [-0.25, -0.2) is 4.39 Å². The van der Waals surface area contributed by atoms with E-state index in [0.29, 0.717) is 5.56 Å². The van der Waals surface area contributed by atoms with Crippen molar-refractivity contribution in [3.8, 4) is 0 Å². The topological polar surface area (TPSA) is 168 Å². The van der Waals surface area contributed by atoms with E-state index in [1.165, 1.54) is 12.1 Å². The molecule has 0 aliphatic heterocycles. The molecule has 0 radical (unpaired) electrons. The zero-order valence-electron chi connectivity index (χ0n) is 23.3. The first-order chi connectivity index (χ1) is 20.5. The molecule has 0 aliphatic rings. The van der Waals surface area contributed by atoms with E-state index in [2.05, 4.69) is 16.0 Å². The highest BCUT2D eigenvalue weighted by molar-refractivity contribution is 7.59. The number of nitrogens with two attached hydrogens (primary N) is 1. The molecule has 6 N–H and O–H groups in total. The van der Waals surface area contributed by atoms with Gasteiger partial charge in [0.15, 0.2) is 0 Å². The summed E-state index contributed by atoms with van der Waals surface area (Å²) in [5.41, 5.74) is 6.92. The quantitative estimate of drug-likeness (QED) is 0.166.